The molecule has 4 aromatic carbocycles. The Morgan fingerprint density at radius 3 is 1.85 bits per heavy atom. The molecule has 0 fully saturated rings. The summed E-state index contributed by atoms with van der Waals surface area (Å²) in [6.45, 7) is 0. The van der Waals surface area contributed by atoms with E-state index >= 15 is 0 Å². The van der Waals surface area contributed by atoms with Crippen molar-refractivity contribution in [3.63, 3.8) is 0 Å². The van der Waals surface area contributed by atoms with Gasteiger partial charge in [-0.2, -0.15) is 0 Å². The summed E-state index contributed by atoms with van der Waals surface area (Å²) in [4.78, 5) is 51.2. The fourth-order valence-electron chi connectivity index (χ4n) is 5.51. The van der Waals surface area contributed by atoms with Gasteiger partial charge in [-0.1, -0.05) is 24.3 Å². The third kappa shape index (κ3) is 7.86. The van der Waals surface area contributed by atoms with Gasteiger partial charge in [0.25, 0.3) is 0 Å². The van der Waals surface area contributed by atoms with Gasteiger partial charge in [0.1, 0.15) is 12.0 Å². The topological polar surface area (TPSA) is 278 Å². The summed E-state index contributed by atoms with van der Waals surface area (Å²) in [5.41, 5.74) is 0.344. The summed E-state index contributed by atoms with van der Waals surface area (Å²) >= 11 is 0. The molecule has 0 spiro atoms. The average Bonchev–Trinajstić information content (AvgIpc) is 3.50. The van der Waals surface area contributed by atoms with Gasteiger partial charge in [-0.05, 0) is 70.8 Å². The smallest absolute Gasteiger partial charge is 0.345 e. The summed E-state index contributed by atoms with van der Waals surface area (Å²) in [7, 11) is 0. The Morgan fingerprint density at radius 1 is 0.654 bits per heavy atom. The largest absolute Gasteiger partial charge is 0.504 e. The second-order valence-electron chi connectivity index (χ2n) is 11.6. The predicted molar refractivity (Wildman–Crippen MR) is 175 cm³/mol. The lowest BCUT2D eigenvalue weighted by atomic mass is 9.86. The number of carbonyl (C=O) groups excluding carboxylic acids is 2. The molecule has 4 aromatic rings. The normalized spacial score (nSPS) is 16.0. The first-order chi connectivity index (χ1) is 24.6. The van der Waals surface area contributed by atoms with E-state index in [9.17, 15) is 65.1 Å². The molecule has 1 heterocycles. The number of carbonyl (C=O) groups is 4. The van der Waals surface area contributed by atoms with Crippen LogP contribution in [-0.2, 0) is 41.5 Å². The molecule has 4 atom stereocenters. The SMILES string of the molecule is O=C(/C=C/c1ccc(O)c(O)c1)O[C@H](Cc1ccc(O)c2c1[C@H](C(=O)O[C@@H](Cc1ccc(O)c(O)c1)C(=O)O)[C@@H](c1ccc(O)c(O)c1)O2)C(=O)O. The highest BCUT2D eigenvalue weighted by molar-refractivity contribution is 5.90. The number of fused-ring (bicyclic) bond motifs is 1. The molecule has 0 unspecified atom stereocenters. The van der Waals surface area contributed by atoms with Crippen LogP contribution >= 0.6 is 0 Å². The van der Waals surface area contributed by atoms with E-state index in [1.165, 1.54) is 36.4 Å². The number of phenols is 7. The number of benzene rings is 4. The van der Waals surface area contributed by atoms with Crippen molar-refractivity contribution < 1.29 is 79.3 Å². The van der Waals surface area contributed by atoms with Crippen LogP contribution in [0, 0.1) is 0 Å². The molecule has 9 N–H and O–H groups in total. The van der Waals surface area contributed by atoms with E-state index in [0.717, 1.165) is 42.5 Å². The lowest BCUT2D eigenvalue weighted by Gasteiger charge is -2.22. The lowest BCUT2D eigenvalue weighted by Crippen LogP contribution is -2.33. The van der Waals surface area contributed by atoms with Crippen LogP contribution in [0.5, 0.6) is 46.0 Å². The molecule has 5 rings (SSSR count). The van der Waals surface area contributed by atoms with Crippen molar-refractivity contribution in [3.8, 4) is 46.0 Å². The second-order valence-corrected chi connectivity index (χ2v) is 11.6. The summed E-state index contributed by atoms with van der Waals surface area (Å²) in [6.07, 6.45) is -4.21. The molecule has 0 amide bonds. The molecule has 0 saturated heterocycles. The number of aromatic hydroxyl groups is 7. The molecule has 1 aliphatic heterocycles. The Balaban J connectivity index is 1.49. The highest BCUT2D eigenvalue weighted by Gasteiger charge is 2.46. The summed E-state index contributed by atoms with van der Waals surface area (Å²) in [5, 5.41) is 89.4. The number of rotatable bonds is 12. The first-order valence-electron chi connectivity index (χ1n) is 15.2. The molecule has 0 saturated carbocycles. The molecule has 0 radical (unpaired) electrons. The minimum absolute atomic E-state index is 0.00298. The van der Waals surface area contributed by atoms with Gasteiger partial charge in [0.2, 0.25) is 12.2 Å². The highest BCUT2D eigenvalue weighted by Crippen LogP contribution is 2.53. The van der Waals surface area contributed by atoms with Gasteiger partial charge in [0, 0.05) is 24.5 Å². The molecule has 0 bridgehead atoms. The van der Waals surface area contributed by atoms with Crippen LogP contribution in [0.1, 0.15) is 39.8 Å². The van der Waals surface area contributed by atoms with E-state index in [0.29, 0.717) is 0 Å². The van der Waals surface area contributed by atoms with Crippen LogP contribution in [0.2, 0.25) is 0 Å². The summed E-state index contributed by atoms with van der Waals surface area (Å²) in [6, 6.07) is 12.9. The Bertz CT molecular complexity index is 2090. The minimum atomic E-state index is -1.89. The van der Waals surface area contributed by atoms with Gasteiger partial charge in [0.15, 0.2) is 46.0 Å². The molecule has 1 aliphatic rings. The maximum absolute atomic E-state index is 14.0. The van der Waals surface area contributed by atoms with Crippen LogP contribution in [0.4, 0.5) is 0 Å². The molecular weight excluding hydrogens is 688 g/mol. The fourth-order valence-corrected chi connectivity index (χ4v) is 5.51. The number of phenolic OH excluding ortho intramolecular Hbond substituents is 7. The average molecular weight is 719 g/mol. The Kier molecular flexibility index (Phi) is 10.3. The van der Waals surface area contributed by atoms with Crippen molar-refractivity contribution in [1.29, 1.82) is 0 Å². The van der Waals surface area contributed by atoms with E-state index in [4.69, 9.17) is 14.2 Å². The van der Waals surface area contributed by atoms with Crippen LogP contribution in [0.3, 0.4) is 0 Å². The van der Waals surface area contributed by atoms with Crippen LogP contribution in [0.25, 0.3) is 6.08 Å². The Morgan fingerprint density at radius 2 is 1.23 bits per heavy atom. The fraction of sp³-hybridized carbons (Fsp3) is 0.167. The second kappa shape index (κ2) is 14.8. The monoisotopic (exact) mass is 718 g/mol. The summed E-state index contributed by atoms with van der Waals surface area (Å²) in [5.74, 6) is -11.1. The van der Waals surface area contributed by atoms with E-state index in [2.05, 4.69) is 0 Å². The zero-order valence-electron chi connectivity index (χ0n) is 26.6. The van der Waals surface area contributed by atoms with Crippen molar-refractivity contribution in [1.82, 2.24) is 0 Å². The molecule has 0 aliphatic carbocycles. The number of carboxylic acid groups (broad SMARTS) is 2. The van der Waals surface area contributed by atoms with E-state index < -0.39 is 101 Å². The van der Waals surface area contributed by atoms with Crippen LogP contribution in [-0.4, -0.2) is 82.0 Å². The van der Waals surface area contributed by atoms with Gasteiger partial charge in [-0.15, -0.1) is 0 Å². The maximum atomic E-state index is 14.0. The Hall–Kier alpha value is -7.10. The molecule has 270 valence electrons. The summed E-state index contributed by atoms with van der Waals surface area (Å²) < 4.78 is 16.6. The number of esters is 2. The Labute approximate surface area is 292 Å². The van der Waals surface area contributed by atoms with Gasteiger partial charge in [0.05, 0.1) is 0 Å². The van der Waals surface area contributed by atoms with Gasteiger partial charge < -0.3 is 60.2 Å². The third-order valence-electron chi connectivity index (χ3n) is 8.05. The minimum Gasteiger partial charge on any atom is -0.504 e. The maximum Gasteiger partial charge on any atom is 0.345 e. The lowest BCUT2D eigenvalue weighted by molar-refractivity contribution is -0.166. The van der Waals surface area contributed by atoms with Gasteiger partial charge in [-0.3, -0.25) is 4.79 Å². The van der Waals surface area contributed by atoms with Crippen molar-refractivity contribution >= 4 is 30.0 Å². The molecule has 16 nitrogen and oxygen atoms in total. The number of aliphatic carboxylic acids is 2. The molecular formula is C36H30O16. The first-order valence-corrected chi connectivity index (χ1v) is 15.2. The zero-order valence-corrected chi connectivity index (χ0v) is 26.6. The number of carboxylic acids is 2. The van der Waals surface area contributed by atoms with Crippen molar-refractivity contribution in [2.45, 2.75) is 37.1 Å². The van der Waals surface area contributed by atoms with Crippen LogP contribution < -0.4 is 4.74 Å². The van der Waals surface area contributed by atoms with E-state index in [-0.39, 0.29) is 33.6 Å². The third-order valence-corrected chi connectivity index (χ3v) is 8.05. The molecule has 0 aromatic heterocycles. The predicted octanol–water partition coefficient (Wildman–Crippen LogP) is 3.33. The first kappa shape index (κ1) is 36.2. The standard InChI is InChI=1S/C36H30O16/c37-20-6-1-16(11-24(20)41)3-10-29(44)50-28(35(47)48)15-18-4-9-23(40)33-30(18)31(32(52-33)19-5-8-22(39)26(43)14-19)36(49)51-27(34(45)46)13-17-2-7-21(38)25(42)12-17/h1-12,14,27-28,31-32,37-43H,13,15H2,(H,45,46)(H,47,48)/b10-3+/t27-,28+,31-,32+/m0/s1. The van der Waals surface area contributed by atoms with Crippen molar-refractivity contribution in [2.75, 3.05) is 0 Å². The van der Waals surface area contributed by atoms with Crippen molar-refractivity contribution in [2.24, 2.45) is 0 Å². The van der Waals surface area contributed by atoms with Crippen molar-refractivity contribution in [3.05, 3.63) is 101 Å². The van der Waals surface area contributed by atoms with Gasteiger partial charge in [-0.25, -0.2) is 14.4 Å². The zero-order chi connectivity index (χ0) is 37.9. The molecule has 16 heteroatoms. The number of hydrogen-bond acceptors (Lipinski definition) is 14. The van der Waals surface area contributed by atoms with E-state index in [1.54, 1.807) is 0 Å². The quantitative estimate of drug-likeness (QED) is 0.0577. The molecule has 52 heavy (non-hydrogen) atoms. The number of ether oxygens (including phenoxy) is 3. The number of hydrogen-bond donors (Lipinski definition) is 9. The highest BCUT2D eigenvalue weighted by atomic mass is 16.6. The van der Waals surface area contributed by atoms with E-state index in [1.807, 2.05) is 0 Å². The van der Waals surface area contributed by atoms with Crippen LogP contribution in [0.15, 0.2) is 72.8 Å². The van der Waals surface area contributed by atoms with Gasteiger partial charge >= 0.3 is 23.9 Å².